The lowest BCUT2D eigenvalue weighted by Gasteiger charge is -2.22. The number of ether oxygens (including phenoxy) is 2. The molecule has 0 aliphatic carbocycles. The van der Waals surface area contributed by atoms with Crippen molar-refractivity contribution in [3.63, 3.8) is 0 Å². The summed E-state index contributed by atoms with van der Waals surface area (Å²) in [6.07, 6.45) is 0.540. The summed E-state index contributed by atoms with van der Waals surface area (Å²) in [4.78, 5) is 36.2. The van der Waals surface area contributed by atoms with Gasteiger partial charge in [-0.15, -0.1) is 0 Å². The lowest BCUT2D eigenvalue weighted by molar-refractivity contribution is -0.382. The maximum atomic E-state index is 12.5. The van der Waals surface area contributed by atoms with Crippen molar-refractivity contribution < 1.29 is 24.0 Å². The van der Waals surface area contributed by atoms with Gasteiger partial charge in [0.2, 0.25) is 0 Å². The summed E-state index contributed by atoms with van der Waals surface area (Å²) < 4.78 is 11.7. The standard InChI is InChI=1S/C24H28N4O6/c1-23(2,3)33-21(29)19(25)15-9-7-14(8-10-15)16-11-12-18-17(20(16)28(31)32)13-26-27(18)22(30)34-24(4,5)6/h7-13,19H,25H2,1-6H3. The van der Waals surface area contributed by atoms with Crippen LogP contribution in [0.3, 0.4) is 0 Å². The summed E-state index contributed by atoms with van der Waals surface area (Å²) in [5.41, 5.74) is 6.05. The number of benzene rings is 2. The van der Waals surface area contributed by atoms with Gasteiger partial charge in [0.1, 0.15) is 17.2 Å². The molecule has 0 aliphatic heterocycles. The van der Waals surface area contributed by atoms with Gasteiger partial charge < -0.3 is 15.2 Å². The number of hydrogen-bond donors (Lipinski definition) is 1. The van der Waals surface area contributed by atoms with E-state index in [0.717, 1.165) is 4.68 Å². The number of carbonyl (C=O) groups is 2. The third kappa shape index (κ3) is 5.40. The smallest absolute Gasteiger partial charge is 0.435 e. The Hall–Kier alpha value is -3.79. The molecule has 1 aromatic heterocycles. The van der Waals surface area contributed by atoms with Gasteiger partial charge in [0.25, 0.3) is 5.69 Å². The second-order valence-electron chi connectivity index (χ2n) is 9.82. The molecule has 1 atom stereocenters. The van der Waals surface area contributed by atoms with Crippen LogP contribution in [0, 0.1) is 10.1 Å². The molecule has 0 saturated heterocycles. The van der Waals surface area contributed by atoms with Gasteiger partial charge in [0, 0.05) is 0 Å². The van der Waals surface area contributed by atoms with E-state index in [1.807, 2.05) is 0 Å². The van der Waals surface area contributed by atoms with Crippen LogP contribution in [0.25, 0.3) is 22.0 Å². The zero-order valence-corrected chi connectivity index (χ0v) is 20.0. The Kier molecular flexibility index (Phi) is 6.48. The SMILES string of the molecule is CC(C)(C)OC(=O)C(N)c1ccc(-c2ccc3c(cnn3C(=O)OC(C)(C)C)c2[N+](=O)[O-])cc1. The van der Waals surface area contributed by atoms with E-state index < -0.39 is 34.2 Å². The molecule has 0 bridgehead atoms. The number of nitrogens with two attached hydrogens (primary N) is 1. The highest BCUT2D eigenvalue weighted by atomic mass is 16.6. The Morgan fingerprint density at radius 1 is 1.00 bits per heavy atom. The Morgan fingerprint density at radius 3 is 2.12 bits per heavy atom. The molecule has 34 heavy (non-hydrogen) atoms. The van der Waals surface area contributed by atoms with Gasteiger partial charge in [-0.3, -0.25) is 10.1 Å². The summed E-state index contributed by atoms with van der Waals surface area (Å²) in [7, 11) is 0. The molecule has 2 aromatic carbocycles. The number of nitro groups is 1. The highest BCUT2D eigenvalue weighted by Crippen LogP contribution is 2.37. The monoisotopic (exact) mass is 468 g/mol. The van der Waals surface area contributed by atoms with Crippen molar-refractivity contribution in [2.45, 2.75) is 58.8 Å². The highest BCUT2D eigenvalue weighted by molar-refractivity contribution is 5.99. The van der Waals surface area contributed by atoms with Crippen LogP contribution < -0.4 is 5.73 Å². The first kappa shape index (κ1) is 24.8. The molecule has 10 nitrogen and oxygen atoms in total. The topological polar surface area (TPSA) is 140 Å². The predicted molar refractivity (Wildman–Crippen MR) is 126 cm³/mol. The number of fused-ring (bicyclic) bond motifs is 1. The highest BCUT2D eigenvalue weighted by Gasteiger charge is 2.27. The molecular formula is C24H28N4O6. The molecular weight excluding hydrogens is 440 g/mol. The van der Waals surface area contributed by atoms with Gasteiger partial charge in [0.05, 0.1) is 27.6 Å². The molecule has 3 aromatic rings. The molecule has 0 radical (unpaired) electrons. The maximum Gasteiger partial charge on any atom is 0.435 e. The summed E-state index contributed by atoms with van der Waals surface area (Å²) >= 11 is 0. The zero-order valence-electron chi connectivity index (χ0n) is 20.0. The number of carbonyl (C=O) groups excluding carboxylic acids is 2. The van der Waals surface area contributed by atoms with Crippen LogP contribution in [-0.4, -0.2) is 38.0 Å². The maximum absolute atomic E-state index is 12.5. The van der Waals surface area contributed by atoms with E-state index in [9.17, 15) is 19.7 Å². The van der Waals surface area contributed by atoms with Crippen molar-refractivity contribution in [3.8, 4) is 11.1 Å². The van der Waals surface area contributed by atoms with E-state index in [-0.39, 0.29) is 16.6 Å². The molecule has 0 spiro atoms. The number of nitrogens with zero attached hydrogens (tertiary/aromatic N) is 3. The van der Waals surface area contributed by atoms with E-state index in [1.54, 1.807) is 77.9 Å². The first-order valence-corrected chi connectivity index (χ1v) is 10.7. The van der Waals surface area contributed by atoms with Gasteiger partial charge in [0.15, 0.2) is 0 Å². The van der Waals surface area contributed by atoms with Crippen molar-refractivity contribution in [2.24, 2.45) is 5.73 Å². The number of aromatic nitrogens is 2. The minimum absolute atomic E-state index is 0.197. The van der Waals surface area contributed by atoms with Crippen LogP contribution in [0.5, 0.6) is 0 Å². The van der Waals surface area contributed by atoms with Crippen LogP contribution >= 0.6 is 0 Å². The van der Waals surface area contributed by atoms with E-state index in [0.29, 0.717) is 16.7 Å². The molecule has 1 unspecified atom stereocenters. The van der Waals surface area contributed by atoms with Crippen molar-refractivity contribution in [1.29, 1.82) is 0 Å². The van der Waals surface area contributed by atoms with Crippen molar-refractivity contribution in [1.82, 2.24) is 9.78 Å². The second kappa shape index (κ2) is 8.86. The quantitative estimate of drug-likeness (QED) is 0.329. The van der Waals surface area contributed by atoms with E-state index in [1.165, 1.54) is 6.20 Å². The van der Waals surface area contributed by atoms with E-state index >= 15 is 0 Å². The molecule has 3 rings (SSSR count). The first-order chi connectivity index (χ1) is 15.7. The average Bonchev–Trinajstić information content (AvgIpc) is 3.14. The third-order valence-electron chi connectivity index (χ3n) is 4.72. The Morgan fingerprint density at radius 2 is 1.59 bits per heavy atom. The minimum atomic E-state index is -0.988. The molecule has 10 heteroatoms. The number of esters is 1. The van der Waals surface area contributed by atoms with Crippen LogP contribution in [0.15, 0.2) is 42.6 Å². The molecule has 1 heterocycles. The van der Waals surface area contributed by atoms with E-state index in [4.69, 9.17) is 15.2 Å². The summed E-state index contributed by atoms with van der Waals surface area (Å²) in [6, 6.07) is 8.68. The second-order valence-corrected chi connectivity index (χ2v) is 9.82. The fraction of sp³-hybridized carbons (Fsp3) is 0.375. The molecule has 0 amide bonds. The summed E-state index contributed by atoms with van der Waals surface area (Å²) in [5, 5.41) is 16.2. The third-order valence-corrected chi connectivity index (χ3v) is 4.72. The van der Waals surface area contributed by atoms with Gasteiger partial charge in [-0.1, -0.05) is 24.3 Å². The van der Waals surface area contributed by atoms with Crippen molar-refractivity contribution in [2.75, 3.05) is 0 Å². The van der Waals surface area contributed by atoms with Crippen LogP contribution in [0.1, 0.15) is 53.1 Å². The summed E-state index contributed by atoms with van der Waals surface area (Å²) in [6.45, 7) is 10.4. The Labute approximate surface area is 196 Å². The molecule has 0 saturated carbocycles. The predicted octanol–water partition coefficient (Wildman–Crippen LogP) is 4.74. The summed E-state index contributed by atoms with van der Waals surface area (Å²) in [5.74, 6) is -0.567. The van der Waals surface area contributed by atoms with Gasteiger partial charge >= 0.3 is 12.1 Å². The van der Waals surface area contributed by atoms with Crippen LogP contribution in [0.2, 0.25) is 0 Å². The normalized spacial score (nSPS) is 12.9. The van der Waals surface area contributed by atoms with Crippen LogP contribution in [-0.2, 0) is 14.3 Å². The number of hydrogen-bond acceptors (Lipinski definition) is 8. The van der Waals surface area contributed by atoms with Gasteiger partial charge in [-0.2, -0.15) is 9.78 Å². The van der Waals surface area contributed by atoms with Crippen molar-refractivity contribution >= 4 is 28.7 Å². The fourth-order valence-electron chi connectivity index (χ4n) is 3.34. The largest absolute Gasteiger partial charge is 0.459 e. The van der Waals surface area contributed by atoms with Gasteiger partial charge in [-0.05, 0) is 64.8 Å². The van der Waals surface area contributed by atoms with E-state index in [2.05, 4.69) is 5.10 Å². The fourth-order valence-corrected chi connectivity index (χ4v) is 3.34. The average molecular weight is 469 g/mol. The Balaban J connectivity index is 1.99. The Bertz CT molecular complexity index is 1250. The lowest BCUT2D eigenvalue weighted by atomic mass is 9.98. The van der Waals surface area contributed by atoms with Crippen LogP contribution in [0.4, 0.5) is 10.5 Å². The first-order valence-electron chi connectivity index (χ1n) is 10.7. The molecule has 2 N–H and O–H groups in total. The molecule has 0 fully saturated rings. The number of nitro benzene ring substituents is 1. The lowest BCUT2D eigenvalue weighted by Crippen LogP contribution is -2.31. The van der Waals surface area contributed by atoms with Gasteiger partial charge in [-0.25, -0.2) is 9.59 Å². The van der Waals surface area contributed by atoms with Crippen molar-refractivity contribution in [3.05, 3.63) is 58.3 Å². The zero-order chi connectivity index (χ0) is 25.4. The minimum Gasteiger partial charge on any atom is -0.459 e. The molecule has 180 valence electrons. The number of rotatable bonds is 4. The molecule has 0 aliphatic rings.